The molecule has 0 aliphatic carbocycles. The highest BCUT2D eigenvalue weighted by Gasteiger charge is 2.16. The molecule has 1 rings (SSSR count). The highest BCUT2D eigenvalue weighted by molar-refractivity contribution is 6.35. The Kier molecular flexibility index (Phi) is 8.68. The van der Waals surface area contributed by atoms with Crippen LogP contribution in [-0.4, -0.2) is 43.1 Å². The fourth-order valence-electron chi connectivity index (χ4n) is 1.81. The van der Waals surface area contributed by atoms with Crippen LogP contribution in [-0.2, 0) is 9.53 Å². The molecule has 3 amide bonds. The van der Waals surface area contributed by atoms with E-state index < -0.39 is 11.7 Å². The van der Waals surface area contributed by atoms with Crippen molar-refractivity contribution in [3.63, 3.8) is 0 Å². The van der Waals surface area contributed by atoms with Crippen molar-refractivity contribution in [2.75, 3.05) is 19.6 Å². The molecule has 0 aliphatic rings. The first-order valence-corrected chi connectivity index (χ1v) is 8.81. The molecule has 1 aromatic rings. The third-order valence-electron chi connectivity index (χ3n) is 2.93. The number of benzene rings is 1. The largest absolute Gasteiger partial charge is 0.444 e. The Hall–Kier alpha value is -1.99. The molecule has 26 heavy (non-hydrogen) atoms. The van der Waals surface area contributed by atoms with Gasteiger partial charge in [0.15, 0.2) is 0 Å². The average molecular weight is 404 g/mol. The molecule has 144 valence electrons. The van der Waals surface area contributed by atoms with Crippen molar-refractivity contribution in [2.24, 2.45) is 0 Å². The van der Waals surface area contributed by atoms with Crippen LogP contribution in [0.4, 0.5) is 4.79 Å². The third kappa shape index (κ3) is 8.92. The first kappa shape index (κ1) is 22.1. The molecule has 3 N–H and O–H groups in total. The number of hydrogen-bond acceptors (Lipinski definition) is 4. The molecule has 0 unspecified atom stereocenters. The van der Waals surface area contributed by atoms with Gasteiger partial charge in [-0.1, -0.05) is 23.2 Å². The minimum Gasteiger partial charge on any atom is -0.444 e. The van der Waals surface area contributed by atoms with Crippen molar-refractivity contribution in [1.82, 2.24) is 16.0 Å². The second-order valence-electron chi connectivity index (χ2n) is 6.44. The second-order valence-corrected chi connectivity index (χ2v) is 7.28. The van der Waals surface area contributed by atoms with Crippen LogP contribution in [0.25, 0.3) is 0 Å². The van der Waals surface area contributed by atoms with Crippen LogP contribution in [0.2, 0.25) is 10.0 Å². The van der Waals surface area contributed by atoms with Crippen LogP contribution in [0.3, 0.4) is 0 Å². The van der Waals surface area contributed by atoms with Gasteiger partial charge in [0, 0.05) is 18.1 Å². The number of rotatable bonds is 7. The summed E-state index contributed by atoms with van der Waals surface area (Å²) in [6.07, 6.45) is -0.138. The number of ether oxygens (including phenoxy) is 1. The number of alkyl carbamates (subject to hydrolysis) is 1. The predicted octanol–water partition coefficient (Wildman–Crippen LogP) is 2.75. The Bertz CT molecular complexity index is 660. The molecule has 0 heterocycles. The van der Waals surface area contributed by atoms with E-state index in [-0.39, 0.29) is 18.4 Å². The summed E-state index contributed by atoms with van der Waals surface area (Å²) >= 11 is 11.8. The first-order valence-electron chi connectivity index (χ1n) is 8.05. The van der Waals surface area contributed by atoms with Crippen molar-refractivity contribution < 1.29 is 19.1 Å². The smallest absolute Gasteiger partial charge is 0.408 e. The molecule has 0 spiro atoms. The number of carbonyl (C=O) groups excluding carboxylic acids is 3. The van der Waals surface area contributed by atoms with E-state index in [0.717, 1.165) is 0 Å². The lowest BCUT2D eigenvalue weighted by molar-refractivity contribution is -0.120. The Labute approximate surface area is 162 Å². The van der Waals surface area contributed by atoms with Crippen molar-refractivity contribution in [2.45, 2.75) is 32.8 Å². The van der Waals surface area contributed by atoms with Gasteiger partial charge in [-0.2, -0.15) is 0 Å². The van der Waals surface area contributed by atoms with Crippen LogP contribution in [0.15, 0.2) is 18.2 Å². The van der Waals surface area contributed by atoms with Gasteiger partial charge in [-0.15, -0.1) is 0 Å². The summed E-state index contributed by atoms with van der Waals surface area (Å²) in [4.78, 5) is 35.0. The summed E-state index contributed by atoms with van der Waals surface area (Å²) in [5.74, 6) is -0.685. The topological polar surface area (TPSA) is 96.5 Å². The highest BCUT2D eigenvalue weighted by Crippen LogP contribution is 2.20. The normalized spacial score (nSPS) is 10.8. The molecule has 0 radical (unpaired) electrons. The van der Waals surface area contributed by atoms with E-state index in [0.29, 0.717) is 35.1 Å². The average Bonchev–Trinajstić information content (AvgIpc) is 2.53. The van der Waals surface area contributed by atoms with E-state index in [1.54, 1.807) is 32.9 Å². The van der Waals surface area contributed by atoms with Crippen LogP contribution < -0.4 is 16.0 Å². The van der Waals surface area contributed by atoms with E-state index in [9.17, 15) is 14.4 Å². The van der Waals surface area contributed by atoms with Gasteiger partial charge in [-0.25, -0.2) is 4.79 Å². The summed E-state index contributed by atoms with van der Waals surface area (Å²) in [5.41, 5.74) is -0.324. The van der Waals surface area contributed by atoms with Gasteiger partial charge in [0.05, 0.1) is 17.1 Å². The van der Waals surface area contributed by atoms with Crippen molar-refractivity contribution in [3.05, 3.63) is 33.8 Å². The van der Waals surface area contributed by atoms with Gasteiger partial charge in [0.25, 0.3) is 5.91 Å². The minimum atomic E-state index is -0.654. The molecule has 0 aromatic heterocycles. The SMILES string of the molecule is CC(C)(C)OC(=O)NCC(=O)NCCCNC(=O)c1cc(Cl)ccc1Cl. The first-order chi connectivity index (χ1) is 12.1. The van der Waals surface area contributed by atoms with Gasteiger partial charge in [0.1, 0.15) is 5.60 Å². The summed E-state index contributed by atoms with van der Waals surface area (Å²) in [7, 11) is 0. The molecular formula is C17H23Cl2N3O4. The van der Waals surface area contributed by atoms with Crippen LogP contribution in [0.5, 0.6) is 0 Å². The van der Waals surface area contributed by atoms with Crippen LogP contribution in [0.1, 0.15) is 37.6 Å². The third-order valence-corrected chi connectivity index (χ3v) is 3.49. The van der Waals surface area contributed by atoms with Gasteiger partial charge >= 0.3 is 6.09 Å². The van der Waals surface area contributed by atoms with Gasteiger partial charge in [0.2, 0.25) is 5.91 Å². The van der Waals surface area contributed by atoms with E-state index in [4.69, 9.17) is 27.9 Å². The standard InChI is InChI=1S/C17H23Cl2N3O4/c1-17(2,3)26-16(25)22-10-14(23)20-7-4-8-21-15(24)12-9-11(18)5-6-13(12)19/h5-6,9H,4,7-8,10H2,1-3H3,(H,20,23)(H,21,24)(H,22,25). The number of hydrogen-bond donors (Lipinski definition) is 3. The predicted molar refractivity (Wildman–Crippen MR) is 101 cm³/mol. The zero-order valence-corrected chi connectivity index (χ0v) is 16.5. The fourth-order valence-corrected chi connectivity index (χ4v) is 2.19. The minimum absolute atomic E-state index is 0.181. The lowest BCUT2D eigenvalue weighted by Gasteiger charge is -2.19. The van der Waals surface area contributed by atoms with Gasteiger partial charge in [-0.05, 0) is 45.4 Å². The lowest BCUT2D eigenvalue weighted by Crippen LogP contribution is -2.40. The summed E-state index contributed by atoms with van der Waals surface area (Å²) in [6.45, 7) is 5.71. The zero-order valence-electron chi connectivity index (χ0n) is 14.9. The summed E-state index contributed by atoms with van der Waals surface area (Å²) in [6, 6.07) is 4.64. The molecule has 0 fully saturated rings. The molecule has 7 nitrogen and oxygen atoms in total. The van der Waals surface area contributed by atoms with Crippen molar-refractivity contribution >= 4 is 41.1 Å². The molecular weight excluding hydrogens is 381 g/mol. The van der Waals surface area contributed by atoms with E-state index >= 15 is 0 Å². The number of amides is 3. The molecule has 0 bridgehead atoms. The lowest BCUT2D eigenvalue weighted by atomic mass is 10.2. The quantitative estimate of drug-likeness (QED) is 0.609. The molecule has 9 heteroatoms. The Morgan fingerprint density at radius 2 is 1.69 bits per heavy atom. The second kappa shape index (κ2) is 10.2. The highest BCUT2D eigenvalue weighted by atomic mass is 35.5. The van der Waals surface area contributed by atoms with E-state index in [2.05, 4.69) is 16.0 Å². The molecule has 1 aromatic carbocycles. The maximum absolute atomic E-state index is 12.0. The Balaban J connectivity index is 2.20. The molecule has 0 atom stereocenters. The maximum atomic E-state index is 12.0. The zero-order chi connectivity index (χ0) is 19.7. The van der Waals surface area contributed by atoms with Crippen LogP contribution in [0, 0.1) is 0 Å². The Morgan fingerprint density at radius 1 is 1.04 bits per heavy atom. The number of halogens is 2. The van der Waals surface area contributed by atoms with Crippen molar-refractivity contribution in [1.29, 1.82) is 0 Å². The number of nitrogens with one attached hydrogen (secondary N) is 3. The van der Waals surface area contributed by atoms with Gasteiger partial charge in [-0.3, -0.25) is 9.59 Å². The van der Waals surface area contributed by atoms with Crippen LogP contribution >= 0.6 is 23.2 Å². The summed E-state index contributed by atoms with van der Waals surface area (Å²) in [5, 5.41) is 8.42. The fraction of sp³-hybridized carbons (Fsp3) is 0.471. The van der Waals surface area contributed by atoms with E-state index in [1.807, 2.05) is 0 Å². The maximum Gasteiger partial charge on any atom is 0.408 e. The summed E-state index contributed by atoms with van der Waals surface area (Å²) < 4.78 is 5.02. The van der Waals surface area contributed by atoms with Crippen molar-refractivity contribution in [3.8, 4) is 0 Å². The molecule has 0 aliphatic heterocycles. The van der Waals surface area contributed by atoms with E-state index in [1.165, 1.54) is 6.07 Å². The molecule has 0 saturated carbocycles. The van der Waals surface area contributed by atoms with Gasteiger partial charge < -0.3 is 20.7 Å². The molecule has 0 saturated heterocycles. The Morgan fingerprint density at radius 3 is 2.35 bits per heavy atom. The monoisotopic (exact) mass is 403 g/mol. The number of carbonyl (C=O) groups is 3.